The van der Waals surface area contributed by atoms with Crippen molar-refractivity contribution in [2.24, 2.45) is 0 Å². The number of rotatable bonds is 13. The zero-order valence-corrected chi connectivity index (χ0v) is 21.2. The van der Waals surface area contributed by atoms with E-state index in [9.17, 15) is 14.9 Å². The standard InChI is InChI=1S/C27H30N2O8/c1-33-22-14-20(21(29(31)32)16-23(22)34-2)15-26(30)28-11-10-19-12-24(35-3)27(25(13-19)36-4)37-17-18-8-6-5-7-9-18/h5-9,12-14,16H,10-11,15,17H2,1-4H3,(H,28,30). The van der Waals surface area contributed by atoms with E-state index in [1.54, 1.807) is 14.2 Å². The van der Waals surface area contributed by atoms with Gasteiger partial charge in [-0.1, -0.05) is 30.3 Å². The maximum Gasteiger partial charge on any atom is 0.277 e. The lowest BCUT2D eigenvalue weighted by molar-refractivity contribution is -0.385. The zero-order valence-electron chi connectivity index (χ0n) is 21.2. The summed E-state index contributed by atoms with van der Waals surface area (Å²) in [4.78, 5) is 23.5. The number of benzene rings is 3. The van der Waals surface area contributed by atoms with Crippen molar-refractivity contribution in [1.29, 1.82) is 0 Å². The van der Waals surface area contributed by atoms with Crippen LogP contribution in [0.25, 0.3) is 0 Å². The minimum atomic E-state index is -0.551. The number of carbonyl (C=O) groups is 1. The largest absolute Gasteiger partial charge is 0.493 e. The van der Waals surface area contributed by atoms with Gasteiger partial charge in [-0.2, -0.15) is 0 Å². The second kappa shape index (κ2) is 13.0. The predicted octanol–water partition coefficient (Wildman–Crippen LogP) is 4.11. The molecule has 196 valence electrons. The second-order valence-electron chi connectivity index (χ2n) is 7.97. The van der Waals surface area contributed by atoms with Crippen molar-refractivity contribution < 1.29 is 33.4 Å². The normalized spacial score (nSPS) is 10.4. The lowest BCUT2D eigenvalue weighted by Gasteiger charge is -2.16. The molecule has 0 spiro atoms. The number of hydrogen-bond acceptors (Lipinski definition) is 8. The fourth-order valence-electron chi connectivity index (χ4n) is 3.75. The molecule has 0 saturated carbocycles. The van der Waals surface area contributed by atoms with Crippen LogP contribution in [-0.2, 0) is 24.2 Å². The Bertz CT molecular complexity index is 1210. The number of nitro groups is 1. The van der Waals surface area contributed by atoms with Gasteiger partial charge >= 0.3 is 0 Å². The van der Waals surface area contributed by atoms with E-state index in [1.165, 1.54) is 26.4 Å². The Morgan fingerprint density at radius 1 is 0.838 bits per heavy atom. The topological polar surface area (TPSA) is 118 Å². The third-order valence-electron chi connectivity index (χ3n) is 5.61. The number of amides is 1. The molecule has 10 nitrogen and oxygen atoms in total. The van der Waals surface area contributed by atoms with Crippen molar-refractivity contribution in [1.82, 2.24) is 5.32 Å². The number of ether oxygens (including phenoxy) is 5. The van der Waals surface area contributed by atoms with Gasteiger partial charge in [-0.15, -0.1) is 0 Å². The number of carbonyl (C=O) groups excluding carboxylic acids is 1. The Morgan fingerprint density at radius 2 is 1.43 bits per heavy atom. The fourth-order valence-corrected chi connectivity index (χ4v) is 3.75. The van der Waals surface area contributed by atoms with Crippen molar-refractivity contribution in [3.05, 3.63) is 81.4 Å². The van der Waals surface area contributed by atoms with Crippen LogP contribution in [-0.4, -0.2) is 45.8 Å². The van der Waals surface area contributed by atoms with Crippen LogP contribution in [0.15, 0.2) is 54.6 Å². The summed E-state index contributed by atoms with van der Waals surface area (Å²) in [5, 5.41) is 14.3. The Labute approximate surface area is 215 Å². The zero-order chi connectivity index (χ0) is 26.8. The van der Waals surface area contributed by atoms with Crippen LogP contribution in [0.2, 0.25) is 0 Å². The third-order valence-corrected chi connectivity index (χ3v) is 5.61. The fraction of sp³-hybridized carbons (Fsp3) is 0.296. The van der Waals surface area contributed by atoms with Gasteiger partial charge in [0.25, 0.3) is 5.69 Å². The van der Waals surface area contributed by atoms with E-state index in [2.05, 4.69) is 5.32 Å². The highest BCUT2D eigenvalue weighted by Crippen LogP contribution is 2.39. The van der Waals surface area contributed by atoms with E-state index < -0.39 is 4.92 Å². The van der Waals surface area contributed by atoms with Gasteiger partial charge < -0.3 is 29.0 Å². The first-order valence-electron chi connectivity index (χ1n) is 11.5. The van der Waals surface area contributed by atoms with E-state index in [0.29, 0.717) is 42.6 Å². The van der Waals surface area contributed by atoms with Crippen molar-refractivity contribution in [2.75, 3.05) is 35.0 Å². The number of methoxy groups -OCH3 is 4. The number of hydrogen-bond donors (Lipinski definition) is 1. The predicted molar refractivity (Wildman–Crippen MR) is 137 cm³/mol. The molecule has 0 bridgehead atoms. The summed E-state index contributed by atoms with van der Waals surface area (Å²) < 4.78 is 27.4. The molecule has 10 heteroatoms. The van der Waals surface area contributed by atoms with Crippen molar-refractivity contribution in [2.45, 2.75) is 19.4 Å². The van der Waals surface area contributed by atoms with Crippen LogP contribution in [0.5, 0.6) is 28.7 Å². The molecule has 0 radical (unpaired) electrons. The molecule has 3 aromatic rings. The van der Waals surface area contributed by atoms with Crippen LogP contribution in [0.3, 0.4) is 0 Å². The minimum Gasteiger partial charge on any atom is -0.493 e. The molecule has 0 saturated heterocycles. The molecule has 0 aliphatic rings. The monoisotopic (exact) mass is 510 g/mol. The smallest absolute Gasteiger partial charge is 0.277 e. The quantitative estimate of drug-likeness (QED) is 0.270. The molecule has 0 unspecified atom stereocenters. The average Bonchev–Trinajstić information content (AvgIpc) is 2.91. The summed E-state index contributed by atoms with van der Waals surface area (Å²) in [6.45, 7) is 0.654. The maximum atomic E-state index is 12.6. The van der Waals surface area contributed by atoms with E-state index >= 15 is 0 Å². The van der Waals surface area contributed by atoms with Gasteiger partial charge in [0.15, 0.2) is 23.0 Å². The number of nitrogens with zero attached hydrogens (tertiary/aromatic N) is 1. The van der Waals surface area contributed by atoms with Crippen molar-refractivity contribution in [3.63, 3.8) is 0 Å². The minimum absolute atomic E-state index is 0.185. The van der Waals surface area contributed by atoms with Crippen molar-refractivity contribution >= 4 is 11.6 Å². The summed E-state index contributed by atoms with van der Waals surface area (Å²) in [7, 11) is 5.91. The highest BCUT2D eigenvalue weighted by Gasteiger charge is 2.21. The highest BCUT2D eigenvalue weighted by molar-refractivity contribution is 5.80. The Hall–Kier alpha value is -4.47. The molecule has 1 N–H and O–H groups in total. The number of nitro benzene ring substituents is 1. The lowest BCUT2D eigenvalue weighted by atomic mass is 10.1. The van der Waals surface area contributed by atoms with Crippen LogP contribution in [0, 0.1) is 10.1 Å². The molecule has 0 heterocycles. The third kappa shape index (κ3) is 7.03. The van der Waals surface area contributed by atoms with Crippen LogP contribution in [0.1, 0.15) is 16.7 Å². The molecule has 1 amide bonds. The molecule has 0 aromatic heterocycles. The number of nitrogens with one attached hydrogen (secondary N) is 1. The van der Waals surface area contributed by atoms with Gasteiger partial charge in [-0.05, 0) is 35.7 Å². The van der Waals surface area contributed by atoms with Gasteiger partial charge in [-0.3, -0.25) is 14.9 Å². The van der Waals surface area contributed by atoms with Gasteiger partial charge in [0, 0.05) is 12.1 Å². The highest BCUT2D eigenvalue weighted by atomic mass is 16.6. The second-order valence-corrected chi connectivity index (χ2v) is 7.97. The first kappa shape index (κ1) is 27.1. The molecule has 3 rings (SSSR count). The lowest BCUT2D eigenvalue weighted by Crippen LogP contribution is -2.27. The Balaban J connectivity index is 1.66. The summed E-state index contributed by atoms with van der Waals surface area (Å²) in [6, 6.07) is 16.1. The molecule has 0 atom stereocenters. The molecule has 37 heavy (non-hydrogen) atoms. The Morgan fingerprint density at radius 3 is 2.00 bits per heavy atom. The average molecular weight is 511 g/mol. The van der Waals surface area contributed by atoms with Crippen LogP contribution >= 0.6 is 0 Å². The summed E-state index contributed by atoms with van der Waals surface area (Å²) >= 11 is 0. The van der Waals surface area contributed by atoms with Gasteiger partial charge in [0.05, 0.1) is 45.8 Å². The van der Waals surface area contributed by atoms with Gasteiger partial charge in [-0.25, -0.2) is 0 Å². The first-order chi connectivity index (χ1) is 17.9. The van der Waals surface area contributed by atoms with Crippen molar-refractivity contribution in [3.8, 4) is 28.7 Å². The summed E-state index contributed by atoms with van der Waals surface area (Å²) in [6.07, 6.45) is 0.293. The molecule has 0 fully saturated rings. The first-order valence-corrected chi connectivity index (χ1v) is 11.5. The Kier molecular flexibility index (Phi) is 9.54. The van der Waals surface area contributed by atoms with E-state index in [-0.39, 0.29) is 29.3 Å². The molecular formula is C27H30N2O8. The molecular weight excluding hydrogens is 480 g/mol. The van der Waals surface area contributed by atoms with E-state index in [1.807, 2.05) is 42.5 Å². The summed E-state index contributed by atoms with van der Waals surface area (Å²) in [5.41, 5.74) is 1.88. The van der Waals surface area contributed by atoms with Gasteiger partial charge in [0.2, 0.25) is 11.7 Å². The van der Waals surface area contributed by atoms with Crippen LogP contribution in [0.4, 0.5) is 5.69 Å². The SMILES string of the molecule is COc1cc(CC(=O)NCCc2cc(OC)c(OCc3ccccc3)c(OC)c2)c([N+](=O)[O-])cc1OC. The van der Waals surface area contributed by atoms with E-state index in [0.717, 1.165) is 11.1 Å². The molecule has 0 aliphatic heterocycles. The maximum absolute atomic E-state index is 12.6. The molecule has 3 aromatic carbocycles. The molecule has 0 aliphatic carbocycles. The summed E-state index contributed by atoms with van der Waals surface area (Å²) in [5.74, 6) is 1.68. The van der Waals surface area contributed by atoms with Gasteiger partial charge in [0.1, 0.15) is 6.61 Å². The van der Waals surface area contributed by atoms with Crippen LogP contribution < -0.4 is 29.0 Å². The van der Waals surface area contributed by atoms with E-state index in [4.69, 9.17) is 23.7 Å².